The third kappa shape index (κ3) is 3.98. The Kier molecular flexibility index (Phi) is 5.07. The van der Waals surface area contributed by atoms with Gasteiger partial charge in [-0.05, 0) is 63.1 Å². The van der Waals surface area contributed by atoms with Gasteiger partial charge in [0.2, 0.25) is 0 Å². The molecule has 3 aliphatic heterocycles. The Morgan fingerprint density at radius 3 is 2.76 bits per heavy atom. The standard InChI is InChI=1S/C26H31FN6/c1-16-7-10-20-13-23(26-17(2)28-21-5-3-4-6-22(21)30-26)31-33(20)25(29-19-8-9-19)14-24(16)32-12-11-18(27)15-32/h3-6,13-14,16-19,28H,7-12,15H2,1-2H3/b24-14+,29-25?. The van der Waals surface area contributed by atoms with Crippen molar-refractivity contribution < 1.29 is 4.39 Å². The number of fused-ring (bicyclic) bond motifs is 2. The number of hydrogen-bond donors (Lipinski definition) is 1. The third-order valence-electron chi connectivity index (χ3n) is 7.16. The van der Waals surface area contributed by atoms with E-state index in [0.29, 0.717) is 24.9 Å². The van der Waals surface area contributed by atoms with Gasteiger partial charge in [0.1, 0.15) is 11.9 Å². The smallest absolute Gasteiger partial charge is 0.151 e. The Bertz CT molecular complexity index is 1160. The van der Waals surface area contributed by atoms with Crippen LogP contribution in [0.25, 0.3) is 0 Å². The van der Waals surface area contributed by atoms with E-state index in [9.17, 15) is 4.39 Å². The van der Waals surface area contributed by atoms with Crippen molar-refractivity contribution in [3.05, 3.63) is 53.5 Å². The summed E-state index contributed by atoms with van der Waals surface area (Å²) in [5, 5.41) is 8.60. The lowest BCUT2D eigenvalue weighted by Gasteiger charge is -2.28. The Balaban J connectivity index is 1.42. The number of anilines is 1. The number of aryl methyl sites for hydroxylation is 1. The highest BCUT2D eigenvalue weighted by Gasteiger charge is 2.31. The molecule has 0 bridgehead atoms. The van der Waals surface area contributed by atoms with Crippen molar-refractivity contribution in [1.82, 2.24) is 14.7 Å². The normalized spacial score (nSPS) is 30.0. The van der Waals surface area contributed by atoms with E-state index in [4.69, 9.17) is 15.1 Å². The fourth-order valence-corrected chi connectivity index (χ4v) is 5.11. The van der Waals surface area contributed by atoms with Crippen LogP contribution in [0.15, 0.2) is 52.1 Å². The number of allylic oxidation sites excluding steroid dienone is 2. The van der Waals surface area contributed by atoms with Gasteiger partial charge in [-0.15, -0.1) is 0 Å². The molecule has 0 spiro atoms. The first kappa shape index (κ1) is 20.6. The minimum atomic E-state index is -0.736. The number of para-hydroxylation sites is 2. The number of rotatable bonds is 3. The van der Waals surface area contributed by atoms with Gasteiger partial charge in [-0.2, -0.15) is 5.10 Å². The molecule has 6 rings (SSSR count). The lowest BCUT2D eigenvalue weighted by atomic mass is 9.97. The SMILES string of the molecule is CC1Nc2ccccc2N=C1c1cc2n(n1)C(=NC1CC1)/C=C(/N1CCC(F)C1)C(C)CC2. The maximum Gasteiger partial charge on any atom is 0.151 e. The molecule has 33 heavy (non-hydrogen) atoms. The van der Waals surface area contributed by atoms with Gasteiger partial charge in [0.25, 0.3) is 0 Å². The Morgan fingerprint density at radius 1 is 1.12 bits per heavy atom. The molecule has 1 N–H and O–H groups in total. The first-order valence-electron chi connectivity index (χ1n) is 12.3. The number of alkyl halides is 1. The summed E-state index contributed by atoms with van der Waals surface area (Å²) in [6, 6.07) is 10.8. The second-order valence-electron chi connectivity index (χ2n) is 9.87. The van der Waals surface area contributed by atoms with Crippen LogP contribution in [0.5, 0.6) is 0 Å². The van der Waals surface area contributed by atoms with Crippen molar-refractivity contribution in [2.75, 3.05) is 18.4 Å². The van der Waals surface area contributed by atoms with E-state index < -0.39 is 6.17 Å². The van der Waals surface area contributed by atoms with Crippen molar-refractivity contribution in [1.29, 1.82) is 0 Å². The molecule has 3 atom stereocenters. The maximum atomic E-state index is 14.0. The Morgan fingerprint density at radius 2 is 1.97 bits per heavy atom. The Labute approximate surface area is 194 Å². The zero-order valence-electron chi connectivity index (χ0n) is 19.3. The molecule has 1 aliphatic carbocycles. The van der Waals surface area contributed by atoms with E-state index in [1.165, 1.54) is 11.4 Å². The summed E-state index contributed by atoms with van der Waals surface area (Å²) in [6.07, 6.45) is 6.24. The van der Waals surface area contributed by atoms with E-state index in [2.05, 4.69) is 42.3 Å². The van der Waals surface area contributed by atoms with Crippen LogP contribution in [-0.4, -0.2) is 57.6 Å². The van der Waals surface area contributed by atoms with Crippen LogP contribution in [0.2, 0.25) is 0 Å². The number of hydrogen-bond acceptors (Lipinski definition) is 5. The van der Waals surface area contributed by atoms with Crippen LogP contribution in [-0.2, 0) is 6.42 Å². The quantitative estimate of drug-likeness (QED) is 0.741. The average Bonchev–Trinajstić information content (AvgIpc) is 3.37. The fourth-order valence-electron chi connectivity index (χ4n) is 5.11. The molecule has 2 aromatic rings. The second-order valence-corrected chi connectivity index (χ2v) is 9.87. The van der Waals surface area contributed by atoms with Crippen molar-refractivity contribution in [2.45, 2.75) is 64.2 Å². The second kappa shape index (κ2) is 8.12. The van der Waals surface area contributed by atoms with Crippen LogP contribution in [0, 0.1) is 5.92 Å². The molecule has 0 amide bonds. The summed E-state index contributed by atoms with van der Waals surface area (Å²) >= 11 is 0. The minimum Gasteiger partial charge on any atom is -0.375 e. The minimum absolute atomic E-state index is 0.0705. The van der Waals surface area contributed by atoms with Gasteiger partial charge in [-0.25, -0.2) is 14.1 Å². The summed E-state index contributed by atoms with van der Waals surface area (Å²) in [7, 11) is 0. The number of nitrogens with one attached hydrogen (secondary N) is 1. The van der Waals surface area contributed by atoms with Crippen LogP contribution < -0.4 is 5.32 Å². The van der Waals surface area contributed by atoms with Crippen LogP contribution in [0.3, 0.4) is 0 Å². The average molecular weight is 447 g/mol. The van der Waals surface area contributed by atoms with Gasteiger partial charge in [-0.1, -0.05) is 19.1 Å². The van der Waals surface area contributed by atoms with Crippen LogP contribution in [0.1, 0.15) is 50.9 Å². The fraction of sp³-hybridized carbons (Fsp3) is 0.500. The molecular weight excluding hydrogens is 415 g/mol. The summed E-state index contributed by atoms with van der Waals surface area (Å²) in [6.45, 7) is 5.66. The van der Waals surface area contributed by atoms with E-state index in [0.717, 1.165) is 60.8 Å². The summed E-state index contributed by atoms with van der Waals surface area (Å²) in [5.41, 5.74) is 6.23. The van der Waals surface area contributed by atoms with Gasteiger partial charge < -0.3 is 10.2 Å². The van der Waals surface area contributed by atoms with E-state index in [-0.39, 0.29) is 6.04 Å². The molecule has 2 fully saturated rings. The summed E-state index contributed by atoms with van der Waals surface area (Å²) in [5.74, 6) is 1.24. The van der Waals surface area contributed by atoms with Gasteiger partial charge in [0, 0.05) is 30.6 Å². The Hall–Kier alpha value is -2.96. The topological polar surface area (TPSA) is 57.8 Å². The van der Waals surface area contributed by atoms with Crippen molar-refractivity contribution in [3.63, 3.8) is 0 Å². The zero-order chi connectivity index (χ0) is 22.5. The number of nitrogens with zero attached hydrogens (tertiary/aromatic N) is 5. The monoisotopic (exact) mass is 446 g/mol. The van der Waals surface area contributed by atoms with Crippen molar-refractivity contribution in [3.8, 4) is 0 Å². The lowest BCUT2D eigenvalue weighted by Crippen LogP contribution is -2.30. The zero-order valence-corrected chi connectivity index (χ0v) is 19.3. The van der Waals surface area contributed by atoms with E-state index in [1.54, 1.807) is 0 Å². The summed E-state index contributed by atoms with van der Waals surface area (Å²) < 4.78 is 16.0. The van der Waals surface area contributed by atoms with Gasteiger partial charge in [0.05, 0.1) is 29.2 Å². The molecule has 1 saturated carbocycles. The highest BCUT2D eigenvalue weighted by molar-refractivity contribution is 6.08. The number of aromatic nitrogens is 2. The number of benzene rings is 1. The molecular formula is C26H31FN6. The molecule has 3 unspecified atom stereocenters. The van der Waals surface area contributed by atoms with Crippen molar-refractivity contribution >= 4 is 22.9 Å². The predicted octanol–water partition coefficient (Wildman–Crippen LogP) is 4.74. The van der Waals surface area contributed by atoms with Gasteiger partial charge in [-0.3, -0.25) is 4.99 Å². The molecule has 0 radical (unpaired) electrons. The first-order valence-corrected chi connectivity index (χ1v) is 12.3. The molecule has 7 heteroatoms. The predicted molar refractivity (Wildman–Crippen MR) is 130 cm³/mol. The molecule has 1 aromatic carbocycles. The molecule has 4 aliphatic rings. The molecule has 172 valence electrons. The molecule has 4 heterocycles. The van der Waals surface area contributed by atoms with Gasteiger partial charge >= 0.3 is 0 Å². The highest BCUT2D eigenvalue weighted by atomic mass is 19.1. The third-order valence-corrected chi connectivity index (χ3v) is 7.16. The lowest BCUT2D eigenvalue weighted by molar-refractivity contribution is 0.304. The molecule has 1 saturated heterocycles. The van der Waals surface area contributed by atoms with Crippen LogP contribution >= 0.6 is 0 Å². The molecule has 6 nitrogen and oxygen atoms in total. The highest BCUT2D eigenvalue weighted by Crippen LogP contribution is 2.33. The van der Waals surface area contributed by atoms with Gasteiger partial charge in [0.15, 0.2) is 5.84 Å². The molecule has 1 aromatic heterocycles. The number of aliphatic imine (C=N–C) groups is 2. The first-order chi connectivity index (χ1) is 16.0. The van der Waals surface area contributed by atoms with Crippen molar-refractivity contribution in [2.24, 2.45) is 15.9 Å². The number of halogens is 1. The van der Waals surface area contributed by atoms with Crippen LogP contribution in [0.4, 0.5) is 15.8 Å². The van der Waals surface area contributed by atoms with E-state index in [1.807, 2.05) is 22.9 Å². The van der Waals surface area contributed by atoms with E-state index >= 15 is 0 Å². The largest absolute Gasteiger partial charge is 0.375 e. The number of likely N-dealkylation sites (tertiary alicyclic amines) is 1. The summed E-state index contributed by atoms with van der Waals surface area (Å²) in [4.78, 5) is 12.2. The maximum absolute atomic E-state index is 14.0.